The normalized spacial score (nSPS) is 10.8. The molecule has 1 N–H and O–H groups in total. The third kappa shape index (κ3) is 4.84. The van der Waals surface area contributed by atoms with Gasteiger partial charge in [-0.05, 0) is 29.3 Å². The Morgan fingerprint density at radius 1 is 1.00 bits per heavy atom. The molecule has 156 valence electrons. The lowest BCUT2D eigenvalue weighted by atomic mass is 10.2. The van der Waals surface area contributed by atoms with E-state index in [1.165, 1.54) is 12.1 Å². The maximum atomic E-state index is 13.2. The fraction of sp³-hybridized carbons (Fsp3) is 0.0909. The summed E-state index contributed by atoms with van der Waals surface area (Å²) in [6.45, 7) is 0.666. The number of carbonyl (C=O) groups excluding carboxylic acids is 1. The van der Waals surface area contributed by atoms with Gasteiger partial charge < -0.3 is 14.5 Å². The van der Waals surface area contributed by atoms with Crippen molar-refractivity contribution < 1.29 is 14.4 Å². The first-order valence-corrected chi connectivity index (χ1v) is 10.0. The highest BCUT2D eigenvalue weighted by Gasteiger charge is 2.24. The number of aromatic nitrogens is 3. The zero-order chi connectivity index (χ0) is 21.8. The number of pyridine rings is 1. The highest BCUT2D eigenvalue weighted by atomic mass is 35.5. The molecule has 1 amide bonds. The van der Waals surface area contributed by atoms with Crippen molar-refractivity contribution in [3.05, 3.63) is 94.1 Å². The van der Waals surface area contributed by atoms with Crippen molar-refractivity contribution in [1.82, 2.24) is 20.0 Å². The number of aromatic hydroxyl groups is 1. The number of carbonyl (C=O) groups is 1. The molecule has 0 aliphatic rings. The van der Waals surface area contributed by atoms with E-state index in [9.17, 15) is 9.90 Å². The highest BCUT2D eigenvalue weighted by Crippen LogP contribution is 2.35. The van der Waals surface area contributed by atoms with Crippen LogP contribution in [-0.4, -0.2) is 31.0 Å². The van der Waals surface area contributed by atoms with Gasteiger partial charge in [-0.3, -0.25) is 9.78 Å². The third-order valence-electron chi connectivity index (χ3n) is 4.48. The van der Waals surface area contributed by atoms with E-state index in [4.69, 9.17) is 27.7 Å². The number of hydrogen-bond acceptors (Lipinski definition) is 6. The van der Waals surface area contributed by atoms with Gasteiger partial charge in [0.25, 0.3) is 0 Å². The Bertz CT molecular complexity index is 1140. The van der Waals surface area contributed by atoms with Crippen LogP contribution >= 0.6 is 23.2 Å². The molecule has 0 saturated carbocycles. The van der Waals surface area contributed by atoms with Gasteiger partial charge in [-0.1, -0.05) is 64.8 Å². The van der Waals surface area contributed by atoms with Crippen LogP contribution in [0.1, 0.15) is 21.8 Å². The number of phenols is 1. The van der Waals surface area contributed by atoms with Crippen molar-refractivity contribution in [3.8, 4) is 17.1 Å². The summed E-state index contributed by atoms with van der Waals surface area (Å²) in [6.07, 6.45) is 3.37. The molecule has 0 fully saturated rings. The lowest BCUT2D eigenvalue weighted by Gasteiger charge is -2.21. The molecule has 4 rings (SSSR count). The number of rotatable bonds is 6. The monoisotopic (exact) mass is 454 g/mol. The highest BCUT2D eigenvalue weighted by molar-refractivity contribution is 6.37. The number of nitrogens with zero attached hydrogens (tertiary/aromatic N) is 4. The number of amides is 1. The maximum Gasteiger partial charge on any atom is 0.316 e. The van der Waals surface area contributed by atoms with Gasteiger partial charge >= 0.3 is 11.8 Å². The van der Waals surface area contributed by atoms with Gasteiger partial charge in [0.15, 0.2) is 5.75 Å². The van der Waals surface area contributed by atoms with Crippen LogP contribution < -0.4 is 0 Å². The van der Waals surface area contributed by atoms with E-state index < -0.39 is 5.91 Å². The van der Waals surface area contributed by atoms with E-state index in [1.807, 2.05) is 42.5 Å². The molecular formula is C22H16Cl2N4O3. The number of halogens is 2. The largest absolute Gasteiger partial charge is 0.505 e. The van der Waals surface area contributed by atoms with E-state index in [1.54, 1.807) is 17.3 Å². The Kier molecular flexibility index (Phi) is 6.16. The van der Waals surface area contributed by atoms with Crippen LogP contribution in [0.4, 0.5) is 0 Å². The summed E-state index contributed by atoms with van der Waals surface area (Å²) in [5.74, 6) is -0.705. The Hall–Kier alpha value is -3.42. The van der Waals surface area contributed by atoms with Crippen LogP contribution in [0, 0.1) is 0 Å². The maximum absolute atomic E-state index is 13.2. The smallest absolute Gasteiger partial charge is 0.316 e. The van der Waals surface area contributed by atoms with Crippen LogP contribution in [0.15, 0.2) is 71.5 Å². The molecule has 0 bridgehead atoms. The van der Waals surface area contributed by atoms with Crippen LogP contribution in [0.5, 0.6) is 5.75 Å². The molecular weight excluding hydrogens is 439 g/mol. The molecule has 0 spiro atoms. The van der Waals surface area contributed by atoms with Crippen LogP contribution in [0.25, 0.3) is 11.4 Å². The van der Waals surface area contributed by atoms with Gasteiger partial charge in [-0.2, -0.15) is 4.98 Å². The average Bonchev–Trinajstić information content (AvgIpc) is 3.28. The molecule has 4 aromatic rings. The minimum atomic E-state index is -0.428. The van der Waals surface area contributed by atoms with Gasteiger partial charge in [-0.25, -0.2) is 0 Å². The first-order valence-electron chi connectivity index (χ1n) is 9.25. The van der Waals surface area contributed by atoms with E-state index >= 15 is 0 Å². The summed E-state index contributed by atoms with van der Waals surface area (Å²) in [5, 5.41) is 13.7. The van der Waals surface area contributed by atoms with Gasteiger partial charge in [0.1, 0.15) is 0 Å². The first-order chi connectivity index (χ1) is 15.0. The van der Waals surface area contributed by atoms with Crippen molar-refractivity contribution in [1.29, 1.82) is 0 Å². The van der Waals surface area contributed by atoms with Crippen LogP contribution in [0.2, 0.25) is 10.0 Å². The zero-order valence-electron chi connectivity index (χ0n) is 16.1. The van der Waals surface area contributed by atoms with E-state index in [0.29, 0.717) is 18.7 Å². The molecule has 2 aromatic heterocycles. The number of benzene rings is 2. The third-order valence-corrected chi connectivity index (χ3v) is 5.06. The molecule has 0 atom stereocenters. The van der Waals surface area contributed by atoms with Gasteiger partial charge in [0, 0.05) is 31.0 Å². The molecule has 0 saturated heterocycles. The standard InChI is InChI=1S/C22H16Cl2N4O3/c23-17-9-16(10-18(24)19(17)29)20-26-21(31-27-20)22(30)28(12-14-5-2-1-3-6-14)13-15-7-4-8-25-11-15/h1-11,29H,12-13H2. The molecule has 31 heavy (non-hydrogen) atoms. The first kappa shape index (κ1) is 20.8. The Labute approximate surface area is 187 Å². The predicted molar refractivity (Wildman–Crippen MR) is 116 cm³/mol. The zero-order valence-corrected chi connectivity index (χ0v) is 17.6. The van der Waals surface area contributed by atoms with E-state index in [2.05, 4.69) is 15.1 Å². The molecule has 0 radical (unpaired) electrons. The lowest BCUT2D eigenvalue weighted by Crippen LogP contribution is -2.30. The molecule has 0 aliphatic carbocycles. The molecule has 0 aliphatic heterocycles. The Balaban J connectivity index is 1.62. The second-order valence-electron chi connectivity index (χ2n) is 6.72. The lowest BCUT2D eigenvalue weighted by molar-refractivity contribution is 0.0679. The Morgan fingerprint density at radius 2 is 1.68 bits per heavy atom. The minimum absolute atomic E-state index is 0.0439. The fourth-order valence-electron chi connectivity index (χ4n) is 2.97. The molecule has 2 aromatic carbocycles. The van der Waals surface area contributed by atoms with Gasteiger partial charge in [-0.15, -0.1) is 0 Å². The fourth-order valence-corrected chi connectivity index (χ4v) is 3.46. The second kappa shape index (κ2) is 9.16. The average molecular weight is 455 g/mol. The molecule has 9 heteroatoms. The summed E-state index contributed by atoms with van der Waals surface area (Å²) in [4.78, 5) is 23.1. The predicted octanol–water partition coefficient (Wildman–Crippen LogP) is 4.99. The summed E-state index contributed by atoms with van der Waals surface area (Å²) >= 11 is 11.9. The molecule has 7 nitrogen and oxygen atoms in total. The van der Waals surface area contributed by atoms with Crippen molar-refractivity contribution in [2.75, 3.05) is 0 Å². The quantitative estimate of drug-likeness (QED) is 0.441. The van der Waals surface area contributed by atoms with E-state index in [-0.39, 0.29) is 27.5 Å². The van der Waals surface area contributed by atoms with Crippen molar-refractivity contribution in [3.63, 3.8) is 0 Å². The van der Waals surface area contributed by atoms with Crippen molar-refractivity contribution in [2.24, 2.45) is 0 Å². The number of hydrogen-bond donors (Lipinski definition) is 1. The van der Waals surface area contributed by atoms with Gasteiger partial charge in [0.2, 0.25) is 5.82 Å². The Morgan fingerprint density at radius 3 is 2.35 bits per heavy atom. The van der Waals surface area contributed by atoms with Crippen LogP contribution in [0.3, 0.4) is 0 Å². The van der Waals surface area contributed by atoms with E-state index in [0.717, 1.165) is 11.1 Å². The second-order valence-corrected chi connectivity index (χ2v) is 7.53. The summed E-state index contributed by atoms with van der Waals surface area (Å²) in [7, 11) is 0. The summed E-state index contributed by atoms with van der Waals surface area (Å²) in [6, 6.07) is 16.2. The van der Waals surface area contributed by atoms with Gasteiger partial charge in [0.05, 0.1) is 10.0 Å². The molecule has 0 unspecified atom stereocenters. The number of phenolic OH excluding ortho intramolecular Hbond substituents is 1. The topological polar surface area (TPSA) is 92.3 Å². The van der Waals surface area contributed by atoms with Crippen molar-refractivity contribution in [2.45, 2.75) is 13.1 Å². The summed E-state index contributed by atoms with van der Waals surface area (Å²) < 4.78 is 5.23. The SMILES string of the molecule is O=C(c1nc(-c2cc(Cl)c(O)c(Cl)c2)no1)N(Cc1ccccc1)Cc1cccnc1. The van der Waals surface area contributed by atoms with Crippen molar-refractivity contribution >= 4 is 29.1 Å². The van der Waals surface area contributed by atoms with Crippen LogP contribution in [-0.2, 0) is 13.1 Å². The summed E-state index contributed by atoms with van der Waals surface area (Å²) in [5.41, 5.74) is 2.23. The molecule has 2 heterocycles. The minimum Gasteiger partial charge on any atom is -0.505 e.